The van der Waals surface area contributed by atoms with Crippen molar-refractivity contribution < 1.29 is 12.8 Å². The third-order valence-corrected chi connectivity index (χ3v) is 5.77. The fourth-order valence-corrected chi connectivity index (χ4v) is 3.90. The van der Waals surface area contributed by atoms with E-state index in [9.17, 15) is 13.2 Å². The van der Waals surface area contributed by atoms with Crippen LogP contribution in [0.25, 0.3) is 11.1 Å². The van der Waals surface area contributed by atoms with Crippen LogP contribution in [0, 0.1) is 13.8 Å². The lowest BCUT2D eigenvalue weighted by atomic mass is 10.1. The minimum Gasteiger partial charge on any atom is -0.408 e. The first-order valence-corrected chi connectivity index (χ1v) is 8.81. The molecule has 0 aliphatic carbocycles. The molecule has 0 radical (unpaired) electrons. The van der Waals surface area contributed by atoms with Crippen molar-refractivity contribution in [2.45, 2.75) is 18.7 Å². The van der Waals surface area contributed by atoms with Gasteiger partial charge in [0.1, 0.15) is 0 Å². The van der Waals surface area contributed by atoms with Crippen molar-refractivity contribution in [2.75, 3.05) is 11.4 Å². The summed E-state index contributed by atoms with van der Waals surface area (Å²) in [5.41, 5.74) is 3.35. The molecular weight excluding hydrogens is 328 g/mol. The monoisotopic (exact) mass is 346 g/mol. The summed E-state index contributed by atoms with van der Waals surface area (Å²) in [4.78, 5) is 11.6. The van der Waals surface area contributed by atoms with Gasteiger partial charge in [-0.25, -0.2) is 13.2 Å². The maximum atomic E-state index is 12.9. The lowest BCUT2D eigenvalue weighted by Crippen LogP contribution is -2.26. The zero-order chi connectivity index (χ0) is 17.6. The summed E-state index contributed by atoms with van der Waals surface area (Å²) in [6, 6.07) is 10.0. The van der Waals surface area contributed by atoms with Crippen LogP contribution in [0.3, 0.4) is 0 Å². The first-order chi connectivity index (χ1) is 11.2. The molecule has 0 saturated heterocycles. The molecule has 0 spiro atoms. The molecule has 126 valence electrons. The van der Waals surface area contributed by atoms with Crippen LogP contribution < -0.4 is 10.1 Å². The first-order valence-electron chi connectivity index (χ1n) is 7.37. The van der Waals surface area contributed by atoms with Gasteiger partial charge in [0.25, 0.3) is 10.0 Å². The van der Waals surface area contributed by atoms with E-state index in [4.69, 9.17) is 4.42 Å². The second kappa shape index (κ2) is 5.52. The number of nitrogens with zero attached hydrogens (tertiary/aromatic N) is 2. The van der Waals surface area contributed by atoms with Gasteiger partial charge < -0.3 is 4.42 Å². The Kier molecular flexibility index (Phi) is 3.76. The lowest BCUT2D eigenvalue weighted by Gasteiger charge is -2.20. The number of benzene rings is 2. The predicted molar refractivity (Wildman–Crippen MR) is 93.0 cm³/mol. The van der Waals surface area contributed by atoms with Gasteiger partial charge in [-0.2, -0.15) is 0 Å². The smallest absolute Gasteiger partial charge is 0.408 e. The number of sulfonamides is 1. The molecule has 0 aliphatic heterocycles. The van der Waals surface area contributed by atoms with Gasteiger partial charge in [0.05, 0.1) is 16.1 Å². The van der Waals surface area contributed by atoms with Gasteiger partial charge in [0.15, 0.2) is 5.58 Å². The van der Waals surface area contributed by atoms with Crippen molar-refractivity contribution in [1.82, 2.24) is 4.57 Å². The maximum Gasteiger partial charge on any atom is 0.419 e. The van der Waals surface area contributed by atoms with E-state index in [-0.39, 0.29) is 10.5 Å². The largest absolute Gasteiger partial charge is 0.419 e. The molecule has 1 aromatic heterocycles. The van der Waals surface area contributed by atoms with Crippen molar-refractivity contribution >= 4 is 26.8 Å². The molecule has 2 aromatic carbocycles. The predicted octanol–water partition coefficient (Wildman–Crippen LogP) is 2.57. The first kappa shape index (κ1) is 16.3. The van der Waals surface area contributed by atoms with Crippen LogP contribution in [-0.2, 0) is 17.1 Å². The van der Waals surface area contributed by atoms with E-state index in [0.29, 0.717) is 11.2 Å². The SMILES string of the molecule is Cc1cc(C)cc(N(C)S(=O)(=O)c2ccc3c(c2)oc(=O)n3C)c1. The molecule has 0 unspecified atom stereocenters. The van der Waals surface area contributed by atoms with Crippen LogP contribution in [0.1, 0.15) is 11.1 Å². The van der Waals surface area contributed by atoms with Gasteiger partial charge in [0, 0.05) is 20.2 Å². The number of oxazole rings is 1. The highest BCUT2D eigenvalue weighted by atomic mass is 32.2. The van der Waals surface area contributed by atoms with Crippen molar-refractivity contribution in [3.63, 3.8) is 0 Å². The normalized spacial score (nSPS) is 11.8. The second-order valence-electron chi connectivity index (χ2n) is 5.87. The Hall–Kier alpha value is -2.54. The number of fused-ring (bicyclic) bond motifs is 1. The van der Waals surface area contributed by atoms with E-state index in [0.717, 1.165) is 11.1 Å². The quantitative estimate of drug-likeness (QED) is 0.731. The van der Waals surface area contributed by atoms with Gasteiger partial charge in [-0.15, -0.1) is 0 Å². The molecule has 6 nitrogen and oxygen atoms in total. The van der Waals surface area contributed by atoms with Crippen molar-refractivity contribution in [1.29, 1.82) is 0 Å². The van der Waals surface area contributed by atoms with Crippen LogP contribution in [0.2, 0.25) is 0 Å². The number of aryl methyl sites for hydroxylation is 3. The molecule has 0 aliphatic rings. The summed E-state index contributed by atoms with van der Waals surface area (Å²) in [5, 5.41) is 0. The fourth-order valence-electron chi connectivity index (χ4n) is 2.70. The Bertz CT molecular complexity index is 1070. The Labute approximate surface area is 140 Å². The molecular formula is C17H18N2O4S. The van der Waals surface area contributed by atoms with E-state index in [1.54, 1.807) is 13.1 Å². The third kappa shape index (κ3) is 2.60. The van der Waals surface area contributed by atoms with Crippen LogP contribution in [-0.4, -0.2) is 20.0 Å². The highest BCUT2D eigenvalue weighted by molar-refractivity contribution is 7.92. The molecule has 24 heavy (non-hydrogen) atoms. The van der Waals surface area contributed by atoms with Crippen molar-refractivity contribution in [3.8, 4) is 0 Å². The van der Waals surface area contributed by atoms with Crippen molar-refractivity contribution in [2.24, 2.45) is 7.05 Å². The molecule has 0 N–H and O–H groups in total. The highest BCUT2D eigenvalue weighted by Crippen LogP contribution is 2.26. The molecule has 7 heteroatoms. The van der Waals surface area contributed by atoms with E-state index in [2.05, 4.69) is 0 Å². The fraction of sp³-hybridized carbons (Fsp3) is 0.235. The number of anilines is 1. The number of hydrogen-bond acceptors (Lipinski definition) is 4. The topological polar surface area (TPSA) is 72.5 Å². The molecule has 0 atom stereocenters. The molecule has 0 bridgehead atoms. The summed E-state index contributed by atoms with van der Waals surface area (Å²) >= 11 is 0. The minimum atomic E-state index is -3.76. The Morgan fingerprint density at radius 2 is 1.67 bits per heavy atom. The molecule has 3 rings (SSSR count). The third-order valence-electron chi connectivity index (χ3n) is 3.99. The molecule has 0 fully saturated rings. The molecule has 3 aromatic rings. The summed E-state index contributed by atoms with van der Waals surface area (Å²) < 4.78 is 33.4. The number of rotatable bonds is 3. The van der Waals surface area contributed by atoms with Gasteiger partial charge in [-0.1, -0.05) is 6.07 Å². The number of hydrogen-bond donors (Lipinski definition) is 0. The molecule has 0 saturated carbocycles. The van der Waals surface area contributed by atoms with Gasteiger partial charge in [-0.3, -0.25) is 8.87 Å². The Morgan fingerprint density at radius 1 is 1.04 bits per heavy atom. The van der Waals surface area contributed by atoms with E-state index in [1.165, 1.54) is 28.1 Å². The number of aromatic nitrogens is 1. The average molecular weight is 346 g/mol. The van der Waals surface area contributed by atoms with Crippen LogP contribution in [0.5, 0.6) is 0 Å². The second-order valence-corrected chi connectivity index (χ2v) is 7.84. The average Bonchev–Trinajstić information content (AvgIpc) is 2.80. The summed E-state index contributed by atoms with van der Waals surface area (Å²) in [5.74, 6) is -0.526. The van der Waals surface area contributed by atoms with Crippen LogP contribution >= 0.6 is 0 Å². The molecule has 0 amide bonds. The summed E-state index contributed by atoms with van der Waals surface area (Å²) in [6.45, 7) is 3.84. The summed E-state index contributed by atoms with van der Waals surface area (Å²) in [6.07, 6.45) is 0. The van der Waals surface area contributed by atoms with Gasteiger partial charge >= 0.3 is 5.76 Å². The Balaban J connectivity index is 2.11. The van der Waals surface area contributed by atoms with Crippen LogP contribution in [0.15, 0.2) is 50.5 Å². The zero-order valence-corrected chi connectivity index (χ0v) is 14.7. The van der Waals surface area contributed by atoms with E-state index in [1.807, 2.05) is 32.0 Å². The maximum absolute atomic E-state index is 12.9. The highest BCUT2D eigenvalue weighted by Gasteiger charge is 2.23. The van der Waals surface area contributed by atoms with E-state index >= 15 is 0 Å². The van der Waals surface area contributed by atoms with Crippen molar-refractivity contribution in [3.05, 3.63) is 58.1 Å². The Morgan fingerprint density at radius 3 is 2.29 bits per heavy atom. The van der Waals surface area contributed by atoms with E-state index < -0.39 is 15.8 Å². The lowest BCUT2D eigenvalue weighted by molar-refractivity contribution is 0.527. The summed E-state index contributed by atoms with van der Waals surface area (Å²) in [7, 11) is -0.676. The molecule has 1 heterocycles. The zero-order valence-electron chi connectivity index (χ0n) is 13.9. The van der Waals surface area contributed by atoms with Gasteiger partial charge in [-0.05, 0) is 49.2 Å². The van der Waals surface area contributed by atoms with Gasteiger partial charge in [0.2, 0.25) is 0 Å². The minimum absolute atomic E-state index is 0.0750. The standard InChI is InChI=1S/C17H18N2O4S/c1-11-7-12(2)9-13(8-11)19(4)24(21,22)14-5-6-15-16(10-14)23-17(20)18(15)3/h5-10H,1-4H3. The van der Waals surface area contributed by atoms with Crippen LogP contribution in [0.4, 0.5) is 5.69 Å².